The first-order valence-corrected chi connectivity index (χ1v) is 8.04. The normalized spacial score (nSPS) is 24.8. The smallest absolute Gasteiger partial charge is 0.214 e. The molecule has 0 aromatic rings. The van der Waals surface area contributed by atoms with Crippen LogP contribution in [0.5, 0.6) is 0 Å². The second-order valence-electron chi connectivity index (χ2n) is 4.89. The van der Waals surface area contributed by atoms with E-state index in [0.717, 1.165) is 26.1 Å². The molecule has 5 nitrogen and oxygen atoms in total. The first-order chi connectivity index (χ1) is 8.12. The van der Waals surface area contributed by atoms with Gasteiger partial charge in [0.15, 0.2) is 0 Å². The fourth-order valence-corrected chi connectivity index (χ4v) is 3.89. The number of nitrogens with zero attached hydrogens (tertiary/aromatic N) is 1. The summed E-state index contributed by atoms with van der Waals surface area (Å²) in [4.78, 5) is 0. The number of nitrogens with one attached hydrogen (secondary N) is 1. The van der Waals surface area contributed by atoms with Crippen LogP contribution in [0.4, 0.5) is 0 Å². The van der Waals surface area contributed by atoms with Crippen molar-refractivity contribution in [3.63, 3.8) is 0 Å². The zero-order valence-electron chi connectivity index (χ0n) is 10.4. The molecule has 0 bridgehead atoms. The van der Waals surface area contributed by atoms with Crippen molar-refractivity contribution in [3.05, 3.63) is 0 Å². The Hall–Kier alpha value is -0.170. The fourth-order valence-electron chi connectivity index (χ4n) is 2.35. The standard InChI is InChI=1S/C11H22N2O3S/c1-2-7-17(14,15)13-5-3-10(4-6-13)12-11-8-16-9-11/h10-12H,2-9H2,1H3. The van der Waals surface area contributed by atoms with E-state index in [9.17, 15) is 8.42 Å². The molecule has 0 spiro atoms. The van der Waals surface area contributed by atoms with Crippen LogP contribution in [-0.4, -0.2) is 56.9 Å². The lowest BCUT2D eigenvalue weighted by Gasteiger charge is -2.36. The van der Waals surface area contributed by atoms with Crippen molar-refractivity contribution < 1.29 is 13.2 Å². The van der Waals surface area contributed by atoms with Gasteiger partial charge in [0, 0.05) is 19.1 Å². The molecule has 0 radical (unpaired) electrons. The highest BCUT2D eigenvalue weighted by Gasteiger charge is 2.29. The summed E-state index contributed by atoms with van der Waals surface area (Å²) < 4.78 is 30.5. The van der Waals surface area contributed by atoms with Crippen LogP contribution in [0.1, 0.15) is 26.2 Å². The lowest BCUT2D eigenvalue weighted by molar-refractivity contribution is -0.0124. The minimum absolute atomic E-state index is 0.279. The first kappa shape index (κ1) is 13.3. The number of hydrogen-bond acceptors (Lipinski definition) is 4. The minimum Gasteiger partial charge on any atom is -0.378 e. The van der Waals surface area contributed by atoms with E-state index < -0.39 is 10.0 Å². The van der Waals surface area contributed by atoms with Gasteiger partial charge in [-0.15, -0.1) is 0 Å². The molecule has 0 amide bonds. The third-order valence-electron chi connectivity index (χ3n) is 3.42. The molecular weight excluding hydrogens is 240 g/mol. The second-order valence-corrected chi connectivity index (χ2v) is 6.98. The zero-order valence-corrected chi connectivity index (χ0v) is 11.2. The Bertz CT molecular complexity index is 333. The van der Waals surface area contributed by atoms with Crippen LogP contribution in [0.15, 0.2) is 0 Å². The number of sulfonamides is 1. The maximum absolute atomic E-state index is 11.9. The molecule has 0 aromatic carbocycles. The maximum Gasteiger partial charge on any atom is 0.214 e. The van der Waals surface area contributed by atoms with Crippen LogP contribution in [0.3, 0.4) is 0 Å². The van der Waals surface area contributed by atoms with Crippen molar-refractivity contribution in [2.24, 2.45) is 0 Å². The molecule has 0 saturated carbocycles. The van der Waals surface area contributed by atoms with Gasteiger partial charge in [-0.3, -0.25) is 0 Å². The van der Waals surface area contributed by atoms with Crippen LogP contribution in [-0.2, 0) is 14.8 Å². The Morgan fingerprint density at radius 3 is 2.35 bits per heavy atom. The van der Waals surface area contributed by atoms with Gasteiger partial charge in [-0.05, 0) is 19.3 Å². The molecule has 6 heteroatoms. The molecule has 0 unspecified atom stereocenters. The van der Waals surface area contributed by atoms with Gasteiger partial charge >= 0.3 is 0 Å². The average molecular weight is 262 g/mol. The van der Waals surface area contributed by atoms with Gasteiger partial charge in [0.1, 0.15) is 0 Å². The summed E-state index contributed by atoms with van der Waals surface area (Å²) in [6.07, 6.45) is 2.53. The molecule has 0 aliphatic carbocycles. The Labute approximate surface area is 104 Å². The highest BCUT2D eigenvalue weighted by atomic mass is 32.2. The molecule has 2 aliphatic rings. The van der Waals surface area contributed by atoms with E-state index in [2.05, 4.69) is 5.32 Å². The Balaban J connectivity index is 1.77. The molecule has 2 aliphatic heterocycles. The molecule has 1 N–H and O–H groups in total. The Morgan fingerprint density at radius 1 is 1.24 bits per heavy atom. The highest BCUT2D eigenvalue weighted by Crippen LogP contribution is 2.16. The average Bonchev–Trinajstić information content (AvgIpc) is 2.24. The lowest BCUT2D eigenvalue weighted by atomic mass is 10.1. The summed E-state index contributed by atoms with van der Waals surface area (Å²) in [5.74, 6) is 0.279. The van der Waals surface area contributed by atoms with Gasteiger partial charge in [-0.1, -0.05) is 6.92 Å². The van der Waals surface area contributed by atoms with E-state index in [1.54, 1.807) is 4.31 Å². The number of piperidine rings is 1. The van der Waals surface area contributed by atoms with Crippen LogP contribution < -0.4 is 5.32 Å². The Kier molecular flexibility index (Phi) is 4.41. The van der Waals surface area contributed by atoms with E-state index >= 15 is 0 Å². The van der Waals surface area contributed by atoms with Crippen molar-refractivity contribution in [3.8, 4) is 0 Å². The lowest BCUT2D eigenvalue weighted by Crippen LogP contribution is -2.54. The van der Waals surface area contributed by atoms with Crippen molar-refractivity contribution in [1.82, 2.24) is 9.62 Å². The van der Waals surface area contributed by atoms with Crippen LogP contribution in [0.25, 0.3) is 0 Å². The van der Waals surface area contributed by atoms with Crippen LogP contribution in [0, 0.1) is 0 Å². The van der Waals surface area contributed by atoms with Gasteiger partial charge < -0.3 is 10.1 Å². The summed E-state index contributed by atoms with van der Waals surface area (Å²) in [6, 6.07) is 0.941. The molecule has 100 valence electrons. The monoisotopic (exact) mass is 262 g/mol. The quantitative estimate of drug-likeness (QED) is 0.768. The molecule has 0 aromatic heterocycles. The fraction of sp³-hybridized carbons (Fsp3) is 1.00. The van der Waals surface area contributed by atoms with E-state index in [1.807, 2.05) is 6.92 Å². The molecular formula is C11H22N2O3S. The summed E-state index contributed by atoms with van der Waals surface area (Å²) >= 11 is 0. The molecule has 17 heavy (non-hydrogen) atoms. The highest BCUT2D eigenvalue weighted by molar-refractivity contribution is 7.89. The number of ether oxygens (including phenoxy) is 1. The number of hydrogen-bond donors (Lipinski definition) is 1. The molecule has 2 saturated heterocycles. The second kappa shape index (κ2) is 5.65. The van der Waals surface area contributed by atoms with Crippen molar-refractivity contribution >= 4 is 10.0 Å². The summed E-state index contributed by atoms with van der Waals surface area (Å²) in [7, 11) is -3.00. The van der Waals surface area contributed by atoms with E-state index in [-0.39, 0.29) is 5.75 Å². The summed E-state index contributed by atoms with van der Waals surface area (Å²) in [6.45, 7) is 4.83. The van der Waals surface area contributed by atoms with Crippen molar-refractivity contribution in [1.29, 1.82) is 0 Å². The van der Waals surface area contributed by atoms with Gasteiger partial charge in [0.05, 0.1) is 25.0 Å². The molecule has 0 atom stereocenters. The maximum atomic E-state index is 11.9. The van der Waals surface area contributed by atoms with Crippen molar-refractivity contribution in [2.75, 3.05) is 32.1 Å². The molecule has 2 fully saturated rings. The van der Waals surface area contributed by atoms with Crippen molar-refractivity contribution in [2.45, 2.75) is 38.3 Å². The largest absolute Gasteiger partial charge is 0.378 e. The van der Waals surface area contributed by atoms with Gasteiger partial charge in [0.2, 0.25) is 10.0 Å². The van der Waals surface area contributed by atoms with Crippen LogP contribution >= 0.6 is 0 Å². The van der Waals surface area contributed by atoms with Gasteiger partial charge in [-0.2, -0.15) is 0 Å². The third kappa shape index (κ3) is 3.40. The summed E-state index contributed by atoms with van der Waals surface area (Å²) in [5.41, 5.74) is 0. The minimum atomic E-state index is -3.00. The van der Waals surface area contributed by atoms with Gasteiger partial charge in [-0.25, -0.2) is 12.7 Å². The molecule has 2 heterocycles. The first-order valence-electron chi connectivity index (χ1n) is 6.43. The molecule has 2 rings (SSSR count). The zero-order chi connectivity index (χ0) is 12.3. The van der Waals surface area contributed by atoms with E-state index in [4.69, 9.17) is 4.74 Å². The van der Waals surface area contributed by atoms with E-state index in [1.165, 1.54) is 0 Å². The summed E-state index contributed by atoms with van der Waals surface area (Å²) in [5, 5.41) is 3.51. The number of rotatable bonds is 5. The van der Waals surface area contributed by atoms with E-state index in [0.29, 0.717) is 31.6 Å². The SMILES string of the molecule is CCCS(=O)(=O)N1CCC(NC2COC2)CC1. The topological polar surface area (TPSA) is 58.6 Å². The van der Waals surface area contributed by atoms with Gasteiger partial charge in [0.25, 0.3) is 0 Å². The Morgan fingerprint density at radius 2 is 1.88 bits per heavy atom. The third-order valence-corrected chi connectivity index (χ3v) is 5.49. The predicted octanol–water partition coefficient (Wildman–Crippen LogP) is 0.179. The van der Waals surface area contributed by atoms with Crippen LogP contribution in [0.2, 0.25) is 0 Å². The predicted molar refractivity (Wildman–Crippen MR) is 66.4 cm³/mol.